The summed E-state index contributed by atoms with van der Waals surface area (Å²) < 4.78 is 33.3. The lowest BCUT2D eigenvalue weighted by molar-refractivity contribution is -0.0907. The van der Waals surface area contributed by atoms with Crippen molar-refractivity contribution in [2.75, 3.05) is 39.7 Å². The van der Waals surface area contributed by atoms with Crippen LogP contribution < -0.4 is 19.5 Å². The van der Waals surface area contributed by atoms with Crippen LogP contribution in [0, 0.1) is 23.2 Å². The molecule has 3 aliphatic heterocycles. The second-order valence-corrected chi connectivity index (χ2v) is 11.4. The zero-order valence-electron chi connectivity index (χ0n) is 24.1. The van der Waals surface area contributed by atoms with Crippen LogP contribution in [0.5, 0.6) is 17.2 Å². The number of aliphatic hydroxyl groups is 1. The first-order chi connectivity index (χ1) is 20.4. The lowest BCUT2D eigenvalue weighted by Gasteiger charge is -2.31. The van der Waals surface area contributed by atoms with E-state index >= 15 is 0 Å². The summed E-state index contributed by atoms with van der Waals surface area (Å²) in [5.74, 6) is 2.39. The number of rotatable bonds is 13. The number of carbonyl (C=O) groups excluding carboxylic acids is 1. The second kappa shape index (κ2) is 14.1. The van der Waals surface area contributed by atoms with Crippen molar-refractivity contribution in [1.82, 2.24) is 10.2 Å². The highest BCUT2D eigenvalue weighted by molar-refractivity contribution is 5.68. The first-order valence-corrected chi connectivity index (χ1v) is 14.5. The fraction of sp³-hybridized carbons (Fsp3) is 0.548. The van der Waals surface area contributed by atoms with E-state index in [0.717, 1.165) is 29.8 Å². The van der Waals surface area contributed by atoms with Crippen molar-refractivity contribution < 1.29 is 38.3 Å². The number of nitrogens with one attached hydrogen (secondary N) is 1. The quantitative estimate of drug-likeness (QED) is 0.363. The van der Waals surface area contributed by atoms with Gasteiger partial charge in [-0.15, -0.1) is 0 Å². The number of alkyl carbamates (subject to hydrolysis) is 1. The van der Waals surface area contributed by atoms with Crippen molar-refractivity contribution in [2.45, 2.75) is 57.8 Å². The molecule has 5 rings (SSSR count). The number of hydrogen-bond acceptors (Lipinski definition) is 10. The first kappa shape index (κ1) is 29.9. The number of carbonyl (C=O) groups is 1. The highest BCUT2D eigenvalue weighted by Crippen LogP contribution is 2.34. The molecule has 3 heterocycles. The number of nitrogens with zero attached hydrogens (tertiary/aromatic N) is 2. The minimum absolute atomic E-state index is 0.0170. The predicted octanol–water partition coefficient (Wildman–Crippen LogP) is 3.24. The third-order valence-corrected chi connectivity index (χ3v) is 7.61. The number of nitriles is 1. The van der Waals surface area contributed by atoms with Gasteiger partial charge in [-0.1, -0.05) is 32.0 Å². The Kier molecular flexibility index (Phi) is 10.0. The van der Waals surface area contributed by atoms with Crippen LogP contribution >= 0.6 is 0 Å². The van der Waals surface area contributed by atoms with Gasteiger partial charge in [0.15, 0.2) is 24.4 Å². The van der Waals surface area contributed by atoms with Crippen LogP contribution in [0.2, 0.25) is 0 Å². The molecule has 42 heavy (non-hydrogen) atoms. The molecular formula is C31H39N3O8. The molecule has 2 N–H and O–H groups in total. The van der Waals surface area contributed by atoms with Crippen molar-refractivity contribution in [3.05, 3.63) is 53.6 Å². The normalized spacial score (nSPS) is 22.0. The molecule has 0 saturated carbocycles. The molecule has 2 aromatic carbocycles. The van der Waals surface area contributed by atoms with E-state index in [2.05, 4.69) is 24.1 Å². The largest absolute Gasteiger partial charge is 0.479 e. The summed E-state index contributed by atoms with van der Waals surface area (Å²) in [5.41, 5.74) is 1.93. The minimum atomic E-state index is -0.901. The van der Waals surface area contributed by atoms with Gasteiger partial charge in [-0.3, -0.25) is 4.90 Å². The second-order valence-electron chi connectivity index (χ2n) is 11.4. The van der Waals surface area contributed by atoms with Gasteiger partial charge in [0.2, 0.25) is 6.79 Å². The van der Waals surface area contributed by atoms with Gasteiger partial charge >= 0.3 is 6.09 Å². The van der Waals surface area contributed by atoms with Crippen LogP contribution in [-0.2, 0) is 27.2 Å². The molecule has 2 aromatic rings. The Balaban J connectivity index is 1.27. The Labute approximate surface area is 246 Å². The van der Waals surface area contributed by atoms with Crippen LogP contribution in [0.1, 0.15) is 31.4 Å². The van der Waals surface area contributed by atoms with Gasteiger partial charge in [0.1, 0.15) is 17.9 Å². The maximum Gasteiger partial charge on any atom is 0.407 e. The Morgan fingerprint density at radius 2 is 1.90 bits per heavy atom. The minimum Gasteiger partial charge on any atom is -0.479 e. The maximum absolute atomic E-state index is 13.1. The van der Waals surface area contributed by atoms with Crippen molar-refractivity contribution in [3.8, 4) is 23.3 Å². The molecule has 0 unspecified atom stereocenters. The van der Waals surface area contributed by atoms with Crippen LogP contribution in [0.25, 0.3) is 0 Å². The topological polar surface area (TPSA) is 132 Å². The lowest BCUT2D eigenvalue weighted by Crippen LogP contribution is -2.50. The summed E-state index contributed by atoms with van der Waals surface area (Å²) in [7, 11) is 0. The number of amides is 1. The average Bonchev–Trinajstić information content (AvgIpc) is 3.70. The third-order valence-electron chi connectivity index (χ3n) is 7.61. The highest BCUT2D eigenvalue weighted by Gasteiger charge is 2.44. The molecule has 1 amide bonds. The number of benzene rings is 2. The fourth-order valence-corrected chi connectivity index (χ4v) is 5.65. The van der Waals surface area contributed by atoms with E-state index in [-0.39, 0.29) is 32.2 Å². The molecule has 0 aliphatic carbocycles. The Hall–Kier alpha value is -3.56. The van der Waals surface area contributed by atoms with Gasteiger partial charge in [0.25, 0.3) is 0 Å². The van der Waals surface area contributed by atoms with Crippen LogP contribution in [0.3, 0.4) is 0 Å². The molecule has 0 radical (unpaired) electrons. The zero-order chi connectivity index (χ0) is 29.5. The Morgan fingerprint density at radius 1 is 1.12 bits per heavy atom. The van der Waals surface area contributed by atoms with E-state index in [1.54, 1.807) is 12.1 Å². The monoisotopic (exact) mass is 581 g/mol. The van der Waals surface area contributed by atoms with E-state index < -0.39 is 24.3 Å². The van der Waals surface area contributed by atoms with E-state index in [0.29, 0.717) is 43.5 Å². The lowest BCUT2D eigenvalue weighted by atomic mass is 10.00. The maximum atomic E-state index is 13.1. The van der Waals surface area contributed by atoms with Gasteiger partial charge in [0.05, 0.1) is 31.3 Å². The van der Waals surface area contributed by atoms with Gasteiger partial charge < -0.3 is 38.8 Å². The summed E-state index contributed by atoms with van der Waals surface area (Å²) in [4.78, 5) is 15.3. The van der Waals surface area contributed by atoms with Gasteiger partial charge in [-0.25, -0.2) is 4.79 Å². The smallest absolute Gasteiger partial charge is 0.407 e. The molecule has 3 aliphatic rings. The van der Waals surface area contributed by atoms with Gasteiger partial charge in [0, 0.05) is 19.6 Å². The predicted molar refractivity (Wildman–Crippen MR) is 151 cm³/mol. The summed E-state index contributed by atoms with van der Waals surface area (Å²) in [6, 6.07) is 14.5. The third kappa shape index (κ3) is 7.83. The molecule has 0 aromatic heterocycles. The molecule has 226 valence electrons. The van der Waals surface area contributed by atoms with E-state index in [1.807, 2.05) is 36.4 Å². The fourth-order valence-electron chi connectivity index (χ4n) is 5.65. The van der Waals surface area contributed by atoms with Gasteiger partial charge in [-0.05, 0) is 54.2 Å². The van der Waals surface area contributed by atoms with Crippen molar-refractivity contribution in [3.63, 3.8) is 0 Å². The molecule has 2 fully saturated rings. The number of hydrogen-bond donors (Lipinski definition) is 2. The van der Waals surface area contributed by atoms with Crippen LogP contribution in [-0.4, -0.2) is 80.3 Å². The SMILES string of the molecule is CC(C)CN(Cc1ccc2c(c1)OCO2)C[C@@H](O)[C@H](Cc1ccc(OCC#N)cc1)NC(=O)O[C@H]1CO[C@H]2OCC[C@H]21. The molecule has 5 atom stereocenters. The molecule has 0 bridgehead atoms. The van der Waals surface area contributed by atoms with E-state index in [4.69, 9.17) is 33.7 Å². The number of ether oxygens (including phenoxy) is 6. The van der Waals surface area contributed by atoms with Crippen LogP contribution in [0.15, 0.2) is 42.5 Å². The number of fused-ring (bicyclic) bond motifs is 2. The first-order valence-electron chi connectivity index (χ1n) is 14.5. The Bertz CT molecular complexity index is 1230. The molecule has 11 heteroatoms. The van der Waals surface area contributed by atoms with Crippen molar-refractivity contribution in [1.29, 1.82) is 5.26 Å². The average molecular weight is 582 g/mol. The molecule has 0 spiro atoms. The highest BCUT2D eigenvalue weighted by atomic mass is 16.7. The summed E-state index contributed by atoms with van der Waals surface area (Å²) in [6.07, 6.45) is -1.08. The van der Waals surface area contributed by atoms with Crippen molar-refractivity contribution in [2.24, 2.45) is 11.8 Å². The zero-order valence-corrected chi connectivity index (χ0v) is 24.1. The van der Waals surface area contributed by atoms with Gasteiger partial charge in [-0.2, -0.15) is 5.26 Å². The molecular weight excluding hydrogens is 542 g/mol. The summed E-state index contributed by atoms with van der Waals surface area (Å²) >= 11 is 0. The van der Waals surface area contributed by atoms with E-state index in [1.165, 1.54) is 0 Å². The van der Waals surface area contributed by atoms with Crippen LogP contribution in [0.4, 0.5) is 4.79 Å². The summed E-state index contributed by atoms with van der Waals surface area (Å²) in [6.45, 7) is 6.97. The summed E-state index contributed by atoms with van der Waals surface area (Å²) in [5, 5.41) is 23.3. The molecule has 11 nitrogen and oxygen atoms in total. The standard InChI is InChI=1S/C31H39N3O8/c1-20(2)15-34(16-22-5-8-27-28(14-22)41-19-40-27)17-26(35)25(13-21-3-6-23(7-4-21)37-12-10-32)33-31(36)42-29-18-39-30-24(29)9-11-38-30/h3-8,14,20,24-26,29-30,35H,9,11-13,15-19H2,1-2H3,(H,33,36)/t24-,25-,26+,29-,30+/m0/s1. The number of aliphatic hydroxyl groups excluding tert-OH is 1. The Morgan fingerprint density at radius 3 is 2.69 bits per heavy atom. The van der Waals surface area contributed by atoms with E-state index in [9.17, 15) is 9.90 Å². The van der Waals surface area contributed by atoms with Crippen molar-refractivity contribution >= 4 is 6.09 Å². The molecule has 2 saturated heterocycles.